The van der Waals surface area contributed by atoms with E-state index in [1.54, 1.807) is 0 Å². The largest absolute Gasteiger partial charge is 0.393 e. The second kappa shape index (κ2) is 6.99. The Kier molecular flexibility index (Phi) is 5.94. The van der Waals surface area contributed by atoms with Crippen molar-refractivity contribution in [3.05, 3.63) is 30.1 Å². The average molecular weight is 439 g/mol. The van der Waals surface area contributed by atoms with Crippen LogP contribution in [0.5, 0.6) is 0 Å². The summed E-state index contributed by atoms with van der Waals surface area (Å²) in [6.45, 7) is 0. The van der Waals surface area contributed by atoms with Gasteiger partial charge in [-0.05, 0) is 24.3 Å². The zero-order chi connectivity index (χ0) is 22.3. The van der Waals surface area contributed by atoms with E-state index in [2.05, 4.69) is 0 Å². The van der Waals surface area contributed by atoms with E-state index in [9.17, 15) is 61.9 Å². The van der Waals surface area contributed by atoms with Crippen LogP contribution >= 0.6 is 0 Å². The van der Waals surface area contributed by atoms with Gasteiger partial charge in [-0.15, -0.1) is 0 Å². The average Bonchev–Trinajstić information content (AvgIpc) is 2.55. The van der Waals surface area contributed by atoms with Gasteiger partial charge < -0.3 is 5.32 Å². The molecule has 0 heterocycles. The quantitative estimate of drug-likeness (QED) is 0.582. The summed E-state index contributed by atoms with van der Waals surface area (Å²) in [6.07, 6.45) is -5.63. The molecule has 0 unspecified atom stereocenters. The van der Waals surface area contributed by atoms with E-state index in [4.69, 9.17) is 0 Å². The van der Waals surface area contributed by atoms with Gasteiger partial charge in [0.15, 0.2) is 0 Å². The SMILES string of the molecule is O=C(Nc1ccc(F)cc1)C(F)(F)C(F)(F)C(F)(F)C(F)(F)C(F)(F)C(F)F. The van der Waals surface area contributed by atoms with Gasteiger partial charge in [-0.25, -0.2) is 13.2 Å². The van der Waals surface area contributed by atoms with E-state index in [0.717, 1.165) is 5.32 Å². The Bertz CT molecular complexity index is 714. The molecule has 0 aromatic heterocycles. The van der Waals surface area contributed by atoms with Crippen LogP contribution in [0.25, 0.3) is 0 Å². The lowest BCUT2D eigenvalue weighted by Crippen LogP contribution is -2.70. The first-order valence-electron chi connectivity index (χ1n) is 6.58. The second-order valence-electron chi connectivity index (χ2n) is 5.18. The van der Waals surface area contributed by atoms with Crippen LogP contribution in [0.15, 0.2) is 24.3 Å². The molecule has 15 heteroatoms. The smallest absolute Gasteiger partial charge is 0.321 e. The van der Waals surface area contributed by atoms with Crippen LogP contribution in [0.3, 0.4) is 0 Å². The van der Waals surface area contributed by atoms with Crippen molar-refractivity contribution in [2.24, 2.45) is 0 Å². The molecule has 0 fully saturated rings. The summed E-state index contributed by atoms with van der Waals surface area (Å²) in [7, 11) is 0. The summed E-state index contributed by atoms with van der Waals surface area (Å²) < 4.78 is 168. The third kappa shape index (κ3) is 3.45. The number of rotatable bonds is 7. The Morgan fingerprint density at radius 1 is 0.750 bits per heavy atom. The summed E-state index contributed by atoms with van der Waals surface area (Å²) in [6, 6.07) is 1.91. The third-order valence-corrected chi connectivity index (χ3v) is 3.26. The molecule has 0 saturated heterocycles. The molecule has 1 aromatic carbocycles. The van der Waals surface area contributed by atoms with Gasteiger partial charge in [-0.3, -0.25) is 4.79 Å². The minimum atomic E-state index is -7.80. The highest BCUT2D eigenvalue weighted by Crippen LogP contribution is 2.58. The minimum Gasteiger partial charge on any atom is -0.321 e. The molecule has 1 N–H and O–H groups in total. The number of halogens is 13. The molecular weight excluding hydrogens is 433 g/mol. The maximum atomic E-state index is 13.5. The van der Waals surface area contributed by atoms with Crippen molar-refractivity contribution < 1.29 is 61.9 Å². The van der Waals surface area contributed by atoms with E-state index >= 15 is 0 Å². The molecule has 0 spiro atoms. The Hall–Kier alpha value is -2.22. The summed E-state index contributed by atoms with van der Waals surface area (Å²) in [5.41, 5.74) is -0.894. The molecule has 0 aliphatic heterocycles. The predicted molar refractivity (Wildman–Crippen MR) is 65.8 cm³/mol. The van der Waals surface area contributed by atoms with Crippen LogP contribution < -0.4 is 5.32 Å². The molecule has 0 aliphatic rings. The van der Waals surface area contributed by atoms with Crippen molar-refractivity contribution in [2.75, 3.05) is 5.32 Å². The monoisotopic (exact) mass is 439 g/mol. The molecule has 2 nitrogen and oxygen atoms in total. The molecule has 0 bridgehead atoms. The molecule has 0 aliphatic carbocycles. The molecule has 28 heavy (non-hydrogen) atoms. The maximum absolute atomic E-state index is 13.5. The van der Waals surface area contributed by atoms with Crippen LogP contribution in [0, 0.1) is 5.82 Å². The topological polar surface area (TPSA) is 29.1 Å². The van der Waals surface area contributed by atoms with Gasteiger partial charge in [0.1, 0.15) is 5.82 Å². The summed E-state index contributed by atoms with van der Waals surface area (Å²) in [5.74, 6) is -41.4. The Morgan fingerprint density at radius 2 is 1.18 bits per heavy atom. The zero-order valence-electron chi connectivity index (χ0n) is 12.7. The zero-order valence-corrected chi connectivity index (χ0v) is 12.7. The molecular formula is C13H6F13NO. The van der Waals surface area contributed by atoms with E-state index in [0.29, 0.717) is 24.3 Å². The Balaban J connectivity index is 3.32. The van der Waals surface area contributed by atoms with E-state index < -0.39 is 53.4 Å². The first-order chi connectivity index (χ1) is 12.3. The fourth-order valence-corrected chi connectivity index (χ4v) is 1.63. The van der Waals surface area contributed by atoms with Crippen molar-refractivity contribution in [3.63, 3.8) is 0 Å². The Morgan fingerprint density at radius 3 is 1.57 bits per heavy atom. The van der Waals surface area contributed by atoms with Crippen LogP contribution in [0.1, 0.15) is 0 Å². The van der Waals surface area contributed by atoms with Crippen LogP contribution in [0.2, 0.25) is 0 Å². The minimum absolute atomic E-state index is 0.471. The molecule has 0 radical (unpaired) electrons. The number of carbonyl (C=O) groups is 1. The fraction of sp³-hybridized carbons (Fsp3) is 0.462. The number of amides is 1. The first kappa shape index (κ1) is 23.8. The van der Waals surface area contributed by atoms with Crippen molar-refractivity contribution in [1.29, 1.82) is 0 Å². The highest BCUT2D eigenvalue weighted by Gasteiger charge is 2.89. The highest BCUT2D eigenvalue weighted by atomic mass is 19.4. The number of nitrogens with one attached hydrogen (secondary N) is 1. The fourth-order valence-electron chi connectivity index (χ4n) is 1.63. The van der Waals surface area contributed by atoms with E-state index in [1.807, 2.05) is 0 Å². The van der Waals surface area contributed by atoms with Gasteiger partial charge >= 0.3 is 41.9 Å². The molecule has 160 valence electrons. The van der Waals surface area contributed by atoms with Crippen molar-refractivity contribution >= 4 is 11.6 Å². The predicted octanol–water partition coefficient (Wildman–Crippen LogP) is 5.21. The van der Waals surface area contributed by atoms with Crippen LogP contribution in [0.4, 0.5) is 62.8 Å². The van der Waals surface area contributed by atoms with Crippen molar-refractivity contribution in [2.45, 2.75) is 36.0 Å². The Labute approximate surface area is 146 Å². The molecule has 1 aromatic rings. The molecule has 1 amide bonds. The standard InChI is InChI=1S/C13H6F13NO/c14-5-1-3-6(4-2-5)27-8(28)10(19,20)12(23,24)13(25,26)11(21,22)9(17,18)7(15)16/h1-4,7H,(H,27,28). The van der Waals surface area contributed by atoms with Gasteiger partial charge in [0.2, 0.25) is 0 Å². The molecule has 1 rings (SSSR count). The lowest BCUT2D eigenvalue weighted by atomic mass is 9.94. The molecule has 0 atom stereocenters. The van der Waals surface area contributed by atoms with Gasteiger partial charge in [-0.2, -0.15) is 43.9 Å². The number of carbonyl (C=O) groups excluding carboxylic acids is 1. The van der Waals surface area contributed by atoms with Gasteiger partial charge in [0.05, 0.1) is 0 Å². The summed E-state index contributed by atoms with van der Waals surface area (Å²) >= 11 is 0. The number of anilines is 1. The third-order valence-electron chi connectivity index (χ3n) is 3.26. The molecule has 0 saturated carbocycles. The first-order valence-corrected chi connectivity index (χ1v) is 6.58. The summed E-state index contributed by atoms with van der Waals surface area (Å²) in [4.78, 5) is 11.2. The summed E-state index contributed by atoms with van der Waals surface area (Å²) in [5, 5.41) is 0.851. The van der Waals surface area contributed by atoms with E-state index in [-0.39, 0.29) is 0 Å². The second-order valence-corrected chi connectivity index (χ2v) is 5.18. The number of alkyl halides is 12. The van der Waals surface area contributed by atoms with Gasteiger partial charge in [0.25, 0.3) is 0 Å². The van der Waals surface area contributed by atoms with Crippen LogP contribution in [-0.2, 0) is 4.79 Å². The van der Waals surface area contributed by atoms with E-state index in [1.165, 1.54) is 0 Å². The van der Waals surface area contributed by atoms with Gasteiger partial charge in [0, 0.05) is 5.69 Å². The lowest BCUT2D eigenvalue weighted by Gasteiger charge is -2.38. The number of hydrogen-bond acceptors (Lipinski definition) is 1. The maximum Gasteiger partial charge on any atom is 0.393 e. The van der Waals surface area contributed by atoms with Crippen molar-refractivity contribution in [3.8, 4) is 0 Å². The lowest BCUT2D eigenvalue weighted by molar-refractivity contribution is -0.406. The van der Waals surface area contributed by atoms with Crippen molar-refractivity contribution in [1.82, 2.24) is 0 Å². The highest BCUT2D eigenvalue weighted by molar-refractivity contribution is 5.97. The van der Waals surface area contributed by atoms with Crippen LogP contribution in [-0.4, -0.2) is 41.9 Å². The van der Waals surface area contributed by atoms with Gasteiger partial charge in [-0.1, -0.05) is 0 Å². The number of hydrogen-bond donors (Lipinski definition) is 1. The number of benzene rings is 1. The normalized spacial score (nSPS) is 14.4.